The Bertz CT molecular complexity index is 1160. The predicted molar refractivity (Wildman–Crippen MR) is 146 cm³/mol. The first-order valence-corrected chi connectivity index (χ1v) is 13.9. The highest BCUT2D eigenvalue weighted by atomic mass is 16.2. The molecule has 2 aromatic carbocycles. The van der Waals surface area contributed by atoms with Crippen LogP contribution in [0.2, 0.25) is 0 Å². The molecule has 1 saturated heterocycles. The molecule has 0 bridgehead atoms. The Morgan fingerprint density at radius 3 is 2.34 bits per heavy atom. The summed E-state index contributed by atoms with van der Waals surface area (Å²) in [4.78, 5) is 40.3. The molecule has 200 valence electrons. The second-order valence-electron chi connectivity index (χ2n) is 10.8. The Balaban J connectivity index is 1.33. The minimum atomic E-state index is -0.770. The van der Waals surface area contributed by atoms with Crippen molar-refractivity contribution in [2.24, 2.45) is 5.92 Å². The number of imide groups is 1. The van der Waals surface area contributed by atoms with E-state index < -0.39 is 5.54 Å². The van der Waals surface area contributed by atoms with Gasteiger partial charge in [0.15, 0.2) is 0 Å². The van der Waals surface area contributed by atoms with Crippen LogP contribution in [0.5, 0.6) is 0 Å². The van der Waals surface area contributed by atoms with Gasteiger partial charge in [0.25, 0.3) is 5.91 Å². The van der Waals surface area contributed by atoms with E-state index in [2.05, 4.69) is 23.6 Å². The van der Waals surface area contributed by atoms with E-state index in [0.717, 1.165) is 48.8 Å². The highest BCUT2D eigenvalue weighted by molar-refractivity contribution is 6.07. The number of amides is 4. The minimum Gasteiger partial charge on any atom is -0.352 e. The van der Waals surface area contributed by atoms with Crippen LogP contribution in [0.3, 0.4) is 0 Å². The van der Waals surface area contributed by atoms with E-state index in [-0.39, 0.29) is 30.8 Å². The highest BCUT2D eigenvalue weighted by Gasteiger charge is 2.51. The number of nitrogens with zero attached hydrogens (tertiary/aromatic N) is 2. The van der Waals surface area contributed by atoms with Gasteiger partial charge < -0.3 is 10.6 Å². The number of rotatable bonds is 11. The van der Waals surface area contributed by atoms with E-state index in [1.165, 1.54) is 24.2 Å². The smallest absolute Gasteiger partial charge is 0.325 e. The quantitative estimate of drug-likeness (QED) is 0.394. The molecule has 1 aliphatic carbocycles. The fraction of sp³-hybridized carbons (Fsp3) is 0.484. The Morgan fingerprint density at radius 2 is 1.68 bits per heavy atom. The molecule has 4 rings (SSSR count). The molecule has 2 N–H and O–H groups in total. The number of nitriles is 1. The summed E-state index contributed by atoms with van der Waals surface area (Å²) in [5.74, 6) is 0.316. The molecule has 1 atom stereocenters. The molecule has 0 radical (unpaired) electrons. The van der Waals surface area contributed by atoms with Gasteiger partial charge in [0.2, 0.25) is 5.91 Å². The molecule has 1 aliphatic heterocycles. The van der Waals surface area contributed by atoms with Crippen molar-refractivity contribution in [2.45, 2.75) is 89.8 Å². The van der Waals surface area contributed by atoms with Crippen molar-refractivity contribution < 1.29 is 14.4 Å². The molecule has 0 spiro atoms. The van der Waals surface area contributed by atoms with Gasteiger partial charge in [0, 0.05) is 6.54 Å². The third-order valence-electron chi connectivity index (χ3n) is 7.87. The average Bonchev–Trinajstić information content (AvgIpc) is 3.16. The zero-order valence-electron chi connectivity index (χ0n) is 22.3. The summed E-state index contributed by atoms with van der Waals surface area (Å²) in [6.45, 7) is 2.75. The number of benzene rings is 2. The van der Waals surface area contributed by atoms with Gasteiger partial charge in [-0.2, -0.15) is 5.26 Å². The summed E-state index contributed by atoms with van der Waals surface area (Å²) in [5.41, 5.74) is 2.47. The second kappa shape index (κ2) is 12.7. The molecular weight excluding hydrogens is 476 g/mol. The molecule has 1 unspecified atom stereocenters. The molecule has 0 aromatic heterocycles. The molecule has 2 fully saturated rings. The minimum absolute atomic E-state index is 0.0827. The van der Waals surface area contributed by atoms with Crippen LogP contribution in [0, 0.1) is 17.2 Å². The van der Waals surface area contributed by atoms with Gasteiger partial charge in [-0.05, 0) is 47.6 Å². The predicted octanol–water partition coefficient (Wildman–Crippen LogP) is 5.37. The first-order chi connectivity index (χ1) is 18.4. The fourth-order valence-corrected chi connectivity index (χ4v) is 5.68. The summed E-state index contributed by atoms with van der Waals surface area (Å²) in [5, 5.41) is 14.9. The van der Waals surface area contributed by atoms with Crippen LogP contribution in [0.15, 0.2) is 48.5 Å². The van der Waals surface area contributed by atoms with Crippen LogP contribution in [0.25, 0.3) is 0 Å². The van der Waals surface area contributed by atoms with Crippen molar-refractivity contribution in [3.63, 3.8) is 0 Å². The largest absolute Gasteiger partial charge is 0.352 e. The molecule has 4 amide bonds. The summed E-state index contributed by atoms with van der Waals surface area (Å²) in [6.07, 6.45) is 9.56. The number of carbonyl (C=O) groups excluding carboxylic acids is 3. The Morgan fingerprint density at radius 1 is 1.03 bits per heavy atom. The number of nitrogens with one attached hydrogen (secondary N) is 2. The van der Waals surface area contributed by atoms with E-state index in [1.54, 1.807) is 24.3 Å². The van der Waals surface area contributed by atoms with Crippen LogP contribution in [-0.2, 0) is 29.1 Å². The molecule has 1 heterocycles. The van der Waals surface area contributed by atoms with Gasteiger partial charge in [-0.15, -0.1) is 0 Å². The first kappa shape index (κ1) is 27.4. The van der Waals surface area contributed by atoms with E-state index >= 15 is 0 Å². The molecule has 7 heteroatoms. The zero-order chi connectivity index (χ0) is 27.0. The van der Waals surface area contributed by atoms with Crippen LogP contribution in [-0.4, -0.2) is 28.3 Å². The maximum atomic E-state index is 13.6. The van der Waals surface area contributed by atoms with Gasteiger partial charge in [-0.1, -0.05) is 88.3 Å². The van der Waals surface area contributed by atoms with Gasteiger partial charge in [0.1, 0.15) is 5.54 Å². The van der Waals surface area contributed by atoms with Crippen molar-refractivity contribution in [1.82, 2.24) is 15.5 Å². The molecular formula is C31H38N4O3. The van der Waals surface area contributed by atoms with Gasteiger partial charge in [-0.3, -0.25) is 14.5 Å². The summed E-state index contributed by atoms with van der Waals surface area (Å²) < 4.78 is 0. The number of carbonyl (C=O) groups is 3. The fourth-order valence-electron chi connectivity index (χ4n) is 5.68. The van der Waals surface area contributed by atoms with Crippen LogP contribution >= 0.6 is 0 Å². The third kappa shape index (κ3) is 6.80. The van der Waals surface area contributed by atoms with Crippen molar-refractivity contribution in [3.8, 4) is 6.07 Å². The lowest BCUT2D eigenvalue weighted by molar-refractivity contribution is -0.132. The summed E-state index contributed by atoms with van der Waals surface area (Å²) in [6, 6.07) is 16.4. The van der Waals surface area contributed by atoms with Crippen LogP contribution < -0.4 is 10.6 Å². The van der Waals surface area contributed by atoms with Gasteiger partial charge in [-0.25, -0.2) is 4.79 Å². The van der Waals surface area contributed by atoms with Crippen molar-refractivity contribution in [3.05, 3.63) is 70.8 Å². The molecule has 38 heavy (non-hydrogen) atoms. The SMILES string of the molecule is CCCCC1(CC2CCCCC2)NC(=O)N(Cc2ccc(CNC(=O)Cc3ccc(C#N)cc3)cc2)C1=O. The van der Waals surface area contributed by atoms with Gasteiger partial charge in [0.05, 0.1) is 24.6 Å². The molecule has 2 aromatic rings. The monoisotopic (exact) mass is 514 g/mol. The first-order valence-electron chi connectivity index (χ1n) is 13.9. The highest BCUT2D eigenvalue weighted by Crippen LogP contribution is 2.36. The van der Waals surface area contributed by atoms with E-state index in [1.807, 2.05) is 24.3 Å². The van der Waals surface area contributed by atoms with Crippen LogP contribution in [0.4, 0.5) is 4.79 Å². The van der Waals surface area contributed by atoms with E-state index in [4.69, 9.17) is 5.26 Å². The Kier molecular flexibility index (Phi) is 9.17. The second-order valence-corrected chi connectivity index (χ2v) is 10.8. The lowest BCUT2D eigenvalue weighted by Gasteiger charge is -2.33. The number of urea groups is 1. The van der Waals surface area contributed by atoms with Crippen molar-refractivity contribution in [1.29, 1.82) is 5.26 Å². The average molecular weight is 515 g/mol. The van der Waals surface area contributed by atoms with Crippen molar-refractivity contribution >= 4 is 17.8 Å². The Labute approximate surface area is 225 Å². The van der Waals surface area contributed by atoms with E-state index in [9.17, 15) is 14.4 Å². The summed E-state index contributed by atoms with van der Waals surface area (Å²) in [7, 11) is 0. The summed E-state index contributed by atoms with van der Waals surface area (Å²) >= 11 is 0. The molecule has 2 aliphatic rings. The maximum absolute atomic E-state index is 13.6. The van der Waals surface area contributed by atoms with E-state index in [0.29, 0.717) is 24.4 Å². The van der Waals surface area contributed by atoms with Crippen LogP contribution in [0.1, 0.15) is 87.0 Å². The van der Waals surface area contributed by atoms with Gasteiger partial charge >= 0.3 is 6.03 Å². The normalized spacial score (nSPS) is 19.7. The molecule has 7 nitrogen and oxygen atoms in total. The Hall–Kier alpha value is -3.66. The number of unbranched alkanes of at least 4 members (excludes halogenated alkanes) is 1. The van der Waals surface area contributed by atoms with Crippen molar-refractivity contribution in [2.75, 3.05) is 0 Å². The topological polar surface area (TPSA) is 102 Å². The third-order valence-corrected chi connectivity index (χ3v) is 7.87. The number of hydrogen-bond acceptors (Lipinski definition) is 4. The zero-order valence-corrected chi connectivity index (χ0v) is 22.3. The molecule has 1 saturated carbocycles. The number of hydrogen-bond donors (Lipinski definition) is 2. The lowest BCUT2D eigenvalue weighted by atomic mass is 9.77. The standard InChI is InChI=1S/C31H38N4O3/c1-2-3-17-31(19-24-7-5-4-6-8-24)29(37)35(30(38)34-31)22-27-15-13-26(14-16-27)21-33-28(36)18-23-9-11-25(20-32)12-10-23/h9-16,24H,2-8,17-19,21-22H2,1H3,(H,33,36)(H,34,38). The maximum Gasteiger partial charge on any atom is 0.325 e. The lowest BCUT2D eigenvalue weighted by Crippen LogP contribution is -2.48.